The van der Waals surface area contributed by atoms with E-state index >= 15 is 0 Å². The highest BCUT2D eigenvalue weighted by Crippen LogP contribution is 2.07. The van der Waals surface area contributed by atoms with Gasteiger partial charge in [0.05, 0.1) is 12.9 Å². The van der Waals surface area contributed by atoms with E-state index in [9.17, 15) is 0 Å². The van der Waals surface area contributed by atoms with E-state index < -0.39 is 0 Å². The van der Waals surface area contributed by atoms with E-state index in [1.807, 2.05) is 0 Å². The Bertz CT molecular complexity index is 81.8. The van der Waals surface area contributed by atoms with E-state index in [1.165, 1.54) is 0 Å². The molecule has 1 rings (SSSR count). The van der Waals surface area contributed by atoms with Crippen LogP contribution in [0, 0.1) is 0 Å². The first-order chi connectivity index (χ1) is 3.39. The fourth-order valence-electron chi connectivity index (χ4n) is 0.327. The Morgan fingerprint density at radius 3 is 2.86 bits per heavy atom. The molecule has 1 atom stereocenters. The Morgan fingerprint density at radius 1 is 1.71 bits per heavy atom. The van der Waals surface area contributed by atoms with E-state index in [0.717, 1.165) is 0 Å². The quantitative estimate of drug-likeness (QED) is 0.502. The number of hydrogen-bond acceptors (Lipinski definition) is 2. The van der Waals surface area contributed by atoms with Crippen molar-refractivity contribution >= 4 is 15.9 Å². The first-order valence-corrected chi connectivity index (χ1v) is 2.87. The lowest BCUT2D eigenvalue weighted by Gasteiger charge is -2.12. The van der Waals surface area contributed by atoms with Gasteiger partial charge in [0.1, 0.15) is 0 Å². The maximum absolute atomic E-state index is 4.89. The maximum atomic E-state index is 4.89. The molecular formula is C4H5BrO2. The first kappa shape index (κ1) is 5.12. The Labute approximate surface area is 50.2 Å². The molecule has 3 heteroatoms. The molecule has 1 unspecified atom stereocenters. The van der Waals surface area contributed by atoms with Crippen molar-refractivity contribution < 1.29 is 9.47 Å². The van der Waals surface area contributed by atoms with Crippen molar-refractivity contribution in [1.82, 2.24) is 0 Å². The summed E-state index contributed by atoms with van der Waals surface area (Å²) in [5.41, 5.74) is 0. The largest absolute Gasteiger partial charge is 0.463 e. The fourth-order valence-corrected chi connectivity index (χ4v) is 0.604. The smallest absolute Gasteiger partial charge is 0.256 e. The summed E-state index contributed by atoms with van der Waals surface area (Å²) in [5.74, 6) is 0. The first-order valence-electron chi connectivity index (χ1n) is 1.96. The van der Waals surface area contributed by atoms with Crippen molar-refractivity contribution in [3.05, 3.63) is 12.3 Å². The summed E-state index contributed by atoms with van der Waals surface area (Å²) in [6.07, 6.45) is 3.42. The second-order valence-corrected chi connectivity index (χ2v) is 1.86. The second-order valence-electron chi connectivity index (χ2n) is 1.12. The zero-order chi connectivity index (χ0) is 5.11. The maximum Gasteiger partial charge on any atom is 0.256 e. The molecular weight excluding hydrogens is 160 g/mol. The summed E-state index contributed by atoms with van der Waals surface area (Å²) < 4.78 is 9.68. The minimum Gasteiger partial charge on any atom is -0.463 e. The second kappa shape index (κ2) is 2.33. The van der Waals surface area contributed by atoms with Crippen LogP contribution in [0.15, 0.2) is 12.3 Å². The molecule has 0 bridgehead atoms. The van der Waals surface area contributed by atoms with Gasteiger partial charge in [0.25, 0.3) is 5.20 Å². The highest BCUT2D eigenvalue weighted by molar-refractivity contribution is 9.09. The zero-order valence-electron chi connectivity index (χ0n) is 3.63. The molecule has 0 spiro atoms. The lowest BCUT2D eigenvalue weighted by molar-refractivity contribution is -0.0398. The average molecular weight is 165 g/mol. The van der Waals surface area contributed by atoms with E-state index in [1.54, 1.807) is 12.3 Å². The topological polar surface area (TPSA) is 18.5 Å². The van der Waals surface area contributed by atoms with Crippen LogP contribution in [-0.4, -0.2) is 11.8 Å². The number of ether oxygens (including phenoxy) is 2. The molecule has 0 aliphatic carbocycles. The van der Waals surface area contributed by atoms with Crippen LogP contribution in [0.5, 0.6) is 0 Å². The van der Waals surface area contributed by atoms with Crippen molar-refractivity contribution in [3.8, 4) is 0 Å². The Hall–Kier alpha value is -0.0200. The molecule has 0 amide bonds. The van der Waals surface area contributed by atoms with Gasteiger partial charge in [0.15, 0.2) is 0 Å². The van der Waals surface area contributed by atoms with Crippen molar-refractivity contribution in [2.75, 3.05) is 6.61 Å². The summed E-state index contributed by atoms with van der Waals surface area (Å²) in [7, 11) is 0. The monoisotopic (exact) mass is 164 g/mol. The molecule has 0 aromatic heterocycles. The third-order valence-electron chi connectivity index (χ3n) is 0.605. The number of halogens is 1. The summed E-state index contributed by atoms with van der Waals surface area (Å²) >= 11 is 3.09. The normalized spacial score (nSPS) is 29.6. The van der Waals surface area contributed by atoms with Gasteiger partial charge in [-0.15, -0.1) is 0 Å². The van der Waals surface area contributed by atoms with Crippen molar-refractivity contribution in [1.29, 1.82) is 0 Å². The predicted molar refractivity (Wildman–Crippen MR) is 28.9 cm³/mol. The van der Waals surface area contributed by atoms with Gasteiger partial charge in [-0.05, 0) is 22.0 Å². The number of hydrogen-bond donors (Lipinski definition) is 0. The molecule has 7 heavy (non-hydrogen) atoms. The minimum absolute atomic E-state index is 0.238. The highest BCUT2D eigenvalue weighted by atomic mass is 79.9. The van der Waals surface area contributed by atoms with Gasteiger partial charge in [-0.2, -0.15) is 0 Å². The SMILES string of the molecule is BrC1OC=CCO1. The molecule has 0 fully saturated rings. The molecule has 0 aromatic rings. The Kier molecular flexibility index (Phi) is 1.70. The van der Waals surface area contributed by atoms with Crippen LogP contribution >= 0.6 is 15.9 Å². The van der Waals surface area contributed by atoms with Crippen LogP contribution in [0.4, 0.5) is 0 Å². The van der Waals surface area contributed by atoms with E-state index in [2.05, 4.69) is 15.9 Å². The van der Waals surface area contributed by atoms with Crippen molar-refractivity contribution in [2.45, 2.75) is 5.20 Å². The summed E-state index contributed by atoms with van der Waals surface area (Å²) in [4.78, 5) is 0. The Balaban J connectivity index is 2.32. The van der Waals surface area contributed by atoms with Crippen LogP contribution in [0.3, 0.4) is 0 Å². The molecule has 0 N–H and O–H groups in total. The summed E-state index contributed by atoms with van der Waals surface area (Å²) in [6.45, 7) is 0.635. The standard InChI is InChI=1S/C4H5BrO2/c5-4-6-2-1-3-7-4/h1-2,4H,3H2. The molecule has 0 aromatic carbocycles. The molecule has 1 aliphatic rings. The number of rotatable bonds is 0. The van der Waals surface area contributed by atoms with E-state index in [0.29, 0.717) is 6.61 Å². The van der Waals surface area contributed by atoms with Gasteiger partial charge in [0.2, 0.25) is 0 Å². The van der Waals surface area contributed by atoms with Gasteiger partial charge in [-0.1, -0.05) is 0 Å². The fraction of sp³-hybridized carbons (Fsp3) is 0.500. The van der Waals surface area contributed by atoms with Crippen molar-refractivity contribution in [2.24, 2.45) is 0 Å². The van der Waals surface area contributed by atoms with Crippen LogP contribution in [0.2, 0.25) is 0 Å². The molecule has 1 heterocycles. The van der Waals surface area contributed by atoms with Crippen LogP contribution in [-0.2, 0) is 9.47 Å². The van der Waals surface area contributed by atoms with Gasteiger partial charge < -0.3 is 9.47 Å². The molecule has 2 nitrogen and oxygen atoms in total. The molecule has 0 saturated carbocycles. The highest BCUT2D eigenvalue weighted by Gasteiger charge is 2.02. The molecule has 0 radical (unpaired) electrons. The van der Waals surface area contributed by atoms with Crippen molar-refractivity contribution in [3.63, 3.8) is 0 Å². The van der Waals surface area contributed by atoms with E-state index in [-0.39, 0.29) is 5.20 Å². The van der Waals surface area contributed by atoms with Crippen LogP contribution in [0.25, 0.3) is 0 Å². The summed E-state index contributed by atoms with van der Waals surface area (Å²) in [6, 6.07) is 0. The van der Waals surface area contributed by atoms with Gasteiger partial charge in [-0.25, -0.2) is 0 Å². The lowest BCUT2D eigenvalue weighted by Crippen LogP contribution is -2.09. The lowest BCUT2D eigenvalue weighted by atomic mass is 10.7. The predicted octanol–water partition coefficient (Wildman–Crippen LogP) is 1.23. The minimum atomic E-state index is -0.238. The van der Waals surface area contributed by atoms with Crippen LogP contribution < -0.4 is 0 Å². The molecule has 1 aliphatic heterocycles. The zero-order valence-corrected chi connectivity index (χ0v) is 5.22. The Morgan fingerprint density at radius 2 is 2.57 bits per heavy atom. The molecule has 40 valence electrons. The average Bonchev–Trinajstić information content (AvgIpc) is 1.69. The third kappa shape index (κ3) is 1.49. The number of alkyl halides is 1. The van der Waals surface area contributed by atoms with Gasteiger partial charge in [-0.3, -0.25) is 0 Å². The van der Waals surface area contributed by atoms with E-state index in [4.69, 9.17) is 9.47 Å². The van der Waals surface area contributed by atoms with Gasteiger partial charge in [0, 0.05) is 0 Å². The van der Waals surface area contributed by atoms with Crippen LogP contribution in [0.1, 0.15) is 0 Å². The summed E-state index contributed by atoms with van der Waals surface area (Å²) in [5, 5.41) is -0.238. The third-order valence-corrected chi connectivity index (χ3v) is 1.09. The van der Waals surface area contributed by atoms with Gasteiger partial charge >= 0.3 is 0 Å². The molecule has 0 saturated heterocycles.